The molecule has 3 rings (SSSR count). The average molecular weight is 343 g/mol. The molecule has 1 N–H and O–H groups in total. The highest BCUT2D eigenvalue weighted by Gasteiger charge is 2.42. The summed E-state index contributed by atoms with van der Waals surface area (Å²) in [6.07, 6.45) is 0.443. The molecule has 2 bridgehead atoms. The molecule has 24 heavy (non-hydrogen) atoms. The lowest BCUT2D eigenvalue weighted by atomic mass is 9.84. The molecule has 0 aliphatic heterocycles. The second kappa shape index (κ2) is 6.08. The lowest BCUT2D eigenvalue weighted by Gasteiger charge is -2.29. The highest BCUT2D eigenvalue weighted by Crippen LogP contribution is 2.49. The third-order valence-corrected chi connectivity index (χ3v) is 5.76. The van der Waals surface area contributed by atoms with Gasteiger partial charge in [0.25, 0.3) is 0 Å². The highest BCUT2D eigenvalue weighted by atomic mass is 19.4. The van der Waals surface area contributed by atoms with E-state index in [1.165, 1.54) is 26.2 Å². The Morgan fingerprint density at radius 2 is 2.04 bits per heavy atom. The summed E-state index contributed by atoms with van der Waals surface area (Å²) in [5.74, 6) is 1.69. The van der Waals surface area contributed by atoms with Gasteiger partial charge in [-0.3, -0.25) is 9.48 Å². The molecule has 1 heterocycles. The Kier molecular flexibility index (Phi) is 4.38. The van der Waals surface area contributed by atoms with Crippen molar-refractivity contribution in [3.05, 3.63) is 17.5 Å². The summed E-state index contributed by atoms with van der Waals surface area (Å²) in [5.41, 5.74) is -0.627. The Hall–Kier alpha value is -1.53. The number of carbonyl (C=O) groups excluding carboxylic acids is 1. The minimum atomic E-state index is -4.50. The van der Waals surface area contributed by atoms with Gasteiger partial charge in [0.15, 0.2) is 5.69 Å². The first-order valence-electron chi connectivity index (χ1n) is 8.60. The van der Waals surface area contributed by atoms with Crippen LogP contribution in [0.4, 0.5) is 13.2 Å². The molecule has 0 aromatic carbocycles. The molecule has 5 atom stereocenters. The van der Waals surface area contributed by atoms with E-state index in [0.29, 0.717) is 17.5 Å². The molecule has 2 aliphatic rings. The Balaban J connectivity index is 1.65. The predicted octanol–water partition coefficient (Wildman–Crippen LogP) is 3.71. The van der Waals surface area contributed by atoms with Crippen LogP contribution < -0.4 is 5.32 Å². The molecule has 1 aromatic heterocycles. The second-order valence-electron chi connectivity index (χ2n) is 7.43. The Bertz CT molecular complexity index is 625. The molecule has 134 valence electrons. The van der Waals surface area contributed by atoms with Gasteiger partial charge >= 0.3 is 6.18 Å². The first-order chi connectivity index (χ1) is 11.2. The van der Waals surface area contributed by atoms with E-state index in [1.807, 2.05) is 6.92 Å². The molecule has 4 nitrogen and oxygen atoms in total. The number of alkyl halides is 3. The number of hydrogen-bond donors (Lipinski definition) is 1. The molecular weight excluding hydrogens is 319 g/mol. The number of halogens is 3. The van der Waals surface area contributed by atoms with Crippen molar-refractivity contribution in [2.75, 3.05) is 0 Å². The summed E-state index contributed by atoms with van der Waals surface area (Å²) < 4.78 is 39.5. The standard InChI is InChI=1S/C17H24F3N3O/c1-9-6-15(17(18,19)20)22-23(9)11(3)16(24)21-10(2)14-8-12-4-5-13(14)7-12/h6,10-14H,4-5,7-8H2,1-3H3,(H,21,24)/t10-,11-,12+,13+,14-/m0/s1. The van der Waals surface area contributed by atoms with Crippen LogP contribution in [0.5, 0.6) is 0 Å². The molecule has 7 heteroatoms. The van der Waals surface area contributed by atoms with Crippen LogP contribution >= 0.6 is 0 Å². The number of hydrogen-bond acceptors (Lipinski definition) is 2. The minimum absolute atomic E-state index is 0.0493. The topological polar surface area (TPSA) is 46.9 Å². The van der Waals surface area contributed by atoms with Gasteiger partial charge in [0.05, 0.1) is 0 Å². The molecule has 1 amide bonds. The molecule has 1 aromatic rings. The van der Waals surface area contributed by atoms with E-state index in [4.69, 9.17) is 0 Å². The van der Waals surface area contributed by atoms with Crippen molar-refractivity contribution in [1.29, 1.82) is 0 Å². The summed E-state index contributed by atoms with van der Waals surface area (Å²) in [5, 5.41) is 6.57. The number of rotatable bonds is 4. The molecule has 0 radical (unpaired) electrons. The van der Waals surface area contributed by atoms with E-state index >= 15 is 0 Å². The summed E-state index contributed by atoms with van der Waals surface area (Å²) in [7, 11) is 0. The average Bonchev–Trinajstić information content (AvgIpc) is 3.20. The van der Waals surface area contributed by atoms with Crippen molar-refractivity contribution in [2.24, 2.45) is 17.8 Å². The molecule has 0 saturated heterocycles. The van der Waals surface area contributed by atoms with Gasteiger partial charge in [-0.1, -0.05) is 6.42 Å². The van der Waals surface area contributed by atoms with E-state index in [0.717, 1.165) is 23.1 Å². The molecule has 2 fully saturated rings. The number of nitrogens with zero attached hydrogens (tertiary/aromatic N) is 2. The molecule has 2 saturated carbocycles. The third kappa shape index (κ3) is 3.17. The number of amides is 1. The van der Waals surface area contributed by atoms with Crippen LogP contribution in [0.2, 0.25) is 0 Å². The van der Waals surface area contributed by atoms with Gasteiger partial charge in [-0.25, -0.2) is 0 Å². The van der Waals surface area contributed by atoms with Gasteiger partial charge in [0.1, 0.15) is 6.04 Å². The summed E-state index contributed by atoms with van der Waals surface area (Å²) in [4.78, 5) is 12.5. The predicted molar refractivity (Wildman–Crippen MR) is 83.2 cm³/mol. The lowest BCUT2D eigenvalue weighted by molar-refractivity contribution is -0.142. The van der Waals surface area contributed by atoms with Gasteiger partial charge in [0, 0.05) is 11.7 Å². The van der Waals surface area contributed by atoms with Gasteiger partial charge in [-0.15, -0.1) is 0 Å². The number of aromatic nitrogens is 2. The summed E-state index contributed by atoms with van der Waals surface area (Å²) in [6.45, 7) is 5.13. The van der Waals surface area contributed by atoms with Crippen LogP contribution in [0.1, 0.15) is 57.0 Å². The number of aryl methyl sites for hydroxylation is 1. The minimum Gasteiger partial charge on any atom is -0.352 e. The number of carbonyl (C=O) groups is 1. The van der Waals surface area contributed by atoms with Crippen molar-refractivity contribution < 1.29 is 18.0 Å². The monoisotopic (exact) mass is 343 g/mol. The molecular formula is C17H24F3N3O. The fourth-order valence-corrected chi connectivity index (χ4v) is 4.49. The van der Waals surface area contributed by atoms with Gasteiger partial charge in [0.2, 0.25) is 5.91 Å². The largest absolute Gasteiger partial charge is 0.435 e. The number of fused-ring (bicyclic) bond motifs is 2. The maximum absolute atomic E-state index is 12.8. The summed E-state index contributed by atoms with van der Waals surface area (Å²) >= 11 is 0. The van der Waals surface area contributed by atoms with Crippen molar-refractivity contribution in [2.45, 2.75) is 64.7 Å². The maximum Gasteiger partial charge on any atom is 0.435 e. The van der Waals surface area contributed by atoms with Crippen molar-refractivity contribution >= 4 is 5.91 Å². The fourth-order valence-electron chi connectivity index (χ4n) is 4.49. The molecule has 0 spiro atoms. The maximum atomic E-state index is 12.8. The zero-order valence-electron chi connectivity index (χ0n) is 14.2. The SMILES string of the molecule is Cc1cc(C(F)(F)F)nn1[C@@H](C)C(=O)N[C@@H](C)[C@@H]1C[C@@H]2CC[C@@H]1C2. The van der Waals surface area contributed by atoms with Gasteiger partial charge < -0.3 is 5.32 Å². The van der Waals surface area contributed by atoms with Crippen molar-refractivity contribution in [1.82, 2.24) is 15.1 Å². The zero-order valence-corrected chi connectivity index (χ0v) is 14.2. The molecule has 0 unspecified atom stereocenters. The lowest BCUT2D eigenvalue weighted by Crippen LogP contribution is -2.43. The normalized spacial score (nSPS) is 28.8. The van der Waals surface area contributed by atoms with E-state index in [-0.39, 0.29) is 11.9 Å². The van der Waals surface area contributed by atoms with Crippen LogP contribution in [0.25, 0.3) is 0 Å². The van der Waals surface area contributed by atoms with Crippen LogP contribution in [-0.2, 0) is 11.0 Å². The van der Waals surface area contributed by atoms with Gasteiger partial charge in [-0.05, 0) is 63.9 Å². The van der Waals surface area contributed by atoms with Crippen molar-refractivity contribution in [3.8, 4) is 0 Å². The fraction of sp³-hybridized carbons (Fsp3) is 0.765. The Labute approximate surface area is 139 Å². The van der Waals surface area contributed by atoms with Crippen molar-refractivity contribution in [3.63, 3.8) is 0 Å². The van der Waals surface area contributed by atoms with Crippen LogP contribution in [0, 0.1) is 24.7 Å². The van der Waals surface area contributed by atoms with E-state index in [1.54, 1.807) is 6.92 Å². The highest BCUT2D eigenvalue weighted by molar-refractivity contribution is 5.80. The first kappa shape index (κ1) is 17.3. The van der Waals surface area contributed by atoms with Crippen LogP contribution in [-0.4, -0.2) is 21.7 Å². The van der Waals surface area contributed by atoms with E-state index in [2.05, 4.69) is 10.4 Å². The van der Waals surface area contributed by atoms with Crippen LogP contribution in [0.15, 0.2) is 6.07 Å². The van der Waals surface area contributed by atoms with E-state index < -0.39 is 17.9 Å². The first-order valence-corrected chi connectivity index (χ1v) is 8.60. The smallest absolute Gasteiger partial charge is 0.352 e. The van der Waals surface area contributed by atoms with Crippen LogP contribution in [0.3, 0.4) is 0 Å². The Morgan fingerprint density at radius 1 is 1.33 bits per heavy atom. The number of nitrogens with one attached hydrogen (secondary N) is 1. The van der Waals surface area contributed by atoms with Gasteiger partial charge in [-0.2, -0.15) is 18.3 Å². The second-order valence-corrected chi connectivity index (χ2v) is 7.43. The van der Waals surface area contributed by atoms with E-state index in [9.17, 15) is 18.0 Å². The molecule has 2 aliphatic carbocycles. The quantitative estimate of drug-likeness (QED) is 0.906. The Morgan fingerprint density at radius 3 is 2.54 bits per heavy atom. The third-order valence-electron chi connectivity index (χ3n) is 5.76. The zero-order chi connectivity index (χ0) is 17.6. The summed E-state index contributed by atoms with van der Waals surface area (Å²) in [6, 6.07) is 0.263.